The molecule has 0 fully saturated rings. The second-order valence-corrected chi connectivity index (χ2v) is 3.61. The van der Waals surface area contributed by atoms with E-state index in [9.17, 15) is 9.50 Å². The molecule has 1 aliphatic carbocycles. The normalized spacial score (nSPS) is 23.5. The van der Waals surface area contributed by atoms with Crippen LogP contribution in [0, 0.1) is 5.92 Å². The highest BCUT2D eigenvalue weighted by atomic mass is 19.1. The van der Waals surface area contributed by atoms with Crippen molar-refractivity contribution in [3.8, 4) is 0 Å². The van der Waals surface area contributed by atoms with E-state index >= 15 is 0 Å². The van der Waals surface area contributed by atoms with Crippen LogP contribution < -0.4 is 0 Å². The van der Waals surface area contributed by atoms with E-state index in [1.54, 1.807) is 0 Å². The molecule has 1 nitrogen and oxygen atoms in total. The average Bonchev–Trinajstić information content (AvgIpc) is 2.39. The van der Waals surface area contributed by atoms with Gasteiger partial charge in [0, 0.05) is 0 Å². The summed E-state index contributed by atoms with van der Waals surface area (Å²) in [6.45, 7) is 12.0. The van der Waals surface area contributed by atoms with Crippen LogP contribution in [0.1, 0.15) is 40.5 Å². The molecule has 0 saturated heterocycles. The van der Waals surface area contributed by atoms with Gasteiger partial charge < -0.3 is 5.11 Å². The van der Waals surface area contributed by atoms with Gasteiger partial charge in [-0.15, -0.1) is 0 Å². The van der Waals surface area contributed by atoms with Crippen molar-refractivity contribution in [2.75, 3.05) is 7.18 Å². The zero-order chi connectivity index (χ0) is 13.8. The van der Waals surface area contributed by atoms with Crippen LogP contribution >= 0.6 is 0 Å². The third-order valence-electron chi connectivity index (χ3n) is 2.66. The lowest BCUT2D eigenvalue weighted by atomic mass is 9.82. The van der Waals surface area contributed by atoms with Gasteiger partial charge in [0.15, 0.2) is 0 Å². The monoisotopic (exact) mass is 242 g/mol. The standard InChI is InChI=1S/C12H18O.C2H6.CH3F/c1-4-6-11-10(5-2)9(3)7-8-12(11)13;2*1-2/h4-6,9,12-13H,2,7-8H2,1,3H3;1-2H3;1H3/b6-4-;;. The molecule has 2 heteroatoms. The molecule has 1 N–H and O–H groups in total. The van der Waals surface area contributed by atoms with Crippen LogP contribution in [0.15, 0.2) is 36.0 Å². The molecule has 0 aromatic heterocycles. The zero-order valence-electron chi connectivity index (χ0n) is 11.8. The SMILES string of the molecule is C=CC1=C(/C=C\C)C(O)CCC1C.CC.CF. The molecule has 0 amide bonds. The Hall–Kier alpha value is -0.890. The average molecular weight is 242 g/mol. The van der Waals surface area contributed by atoms with Crippen molar-refractivity contribution in [1.82, 2.24) is 0 Å². The number of hydrogen-bond donors (Lipinski definition) is 1. The van der Waals surface area contributed by atoms with E-state index in [0.717, 1.165) is 18.4 Å². The van der Waals surface area contributed by atoms with Crippen molar-refractivity contribution in [3.05, 3.63) is 36.0 Å². The molecular weight excluding hydrogens is 215 g/mol. The highest BCUT2D eigenvalue weighted by Gasteiger charge is 2.22. The fourth-order valence-corrected chi connectivity index (χ4v) is 1.90. The van der Waals surface area contributed by atoms with Crippen molar-refractivity contribution < 1.29 is 9.50 Å². The Morgan fingerprint density at radius 1 is 1.24 bits per heavy atom. The van der Waals surface area contributed by atoms with Gasteiger partial charge in [-0.2, -0.15) is 0 Å². The molecule has 0 saturated carbocycles. The van der Waals surface area contributed by atoms with Crippen LogP contribution in [0.5, 0.6) is 0 Å². The molecular formula is C15H27FO. The predicted molar refractivity (Wildman–Crippen MR) is 74.8 cm³/mol. The van der Waals surface area contributed by atoms with Crippen LogP contribution in [0.2, 0.25) is 0 Å². The molecule has 0 radical (unpaired) electrons. The van der Waals surface area contributed by atoms with Gasteiger partial charge in [0.05, 0.1) is 13.3 Å². The van der Waals surface area contributed by atoms with Crippen molar-refractivity contribution in [1.29, 1.82) is 0 Å². The summed E-state index contributed by atoms with van der Waals surface area (Å²) in [4.78, 5) is 0. The number of halogens is 1. The minimum absolute atomic E-state index is 0.291. The second-order valence-electron chi connectivity index (χ2n) is 3.61. The van der Waals surface area contributed by atoms with E-state index in [4.69, 9.17) is 0 Å². The van der Waals surface area contributed by atoms with Gasteiger partial charge in [-0.1, -0.05) is 45.6 Å². The van der Waals surface area contributed by atoms with Gasteiger partial charge in [-0.25, -0.2) is 0 Å². The predicted octanol–water partition coefficient (Wildman–Crippen LogP) is 4.45. The Labute approximate surface area is 106 Å². The molecule has 0 bridgehead atoms. The lowest BCUT2D eigenvalue weighted by Gasteiger charge is -2.26. The van der Waals surface area contributed by atoms with Crippen molar-refractivity contribution >= 4 is 0 Å². The van der Waals surface area contributed by atoms with Crippen LogP contribution in [-0.2, 0) is 0 Å². The van der Waals surface area contributed by atoms with Gasteiger partial charge in [0.1, 0.15) is 0 Å². The van der Waals surface area contributed by atoms with Gasteiger partial charge in [-0.3, -0.25) is 4.39 Å². The van der Waals surface area contributed by atoms with Crippen LogP contribution in [0.3, 0.4) is 0 Å². The summed E-state index contributed by atoms with van der Waals surface area (Å²) >= 11 is 0. The van der Waals surface area contributed by atoms with Crippen LogP contribution in [0.4, 0.5) is 4.39 Å². The molecule has 2 atom stereocenters. The Morgan fingerprint density at radius 3 is 2.18 bits per heavy atom. The maximum absolute atomic E-state index is 9.76. The Balaban J connectivity index is 0. The molecule has 0 heterocycles. The fraction of sp³-hybridized carbons (Fsp3) is 0.600. The molecule has 0 aromatic carbocycles. The molecule has 0 spiro atoms. The quantitative estimate of drug-likeness (QED) is 0.758. The van der Waals surface area contributed by atoms with Gasteiger partial charge in [0.25, 0.3) is 0 Å². The summed E-state index contributed by atoms with van der Waals surface area (Å²) in [6.07, 6.45) is 7.49. The third kappa shape index (κ3) is 5.83. The maximum Gasteiger partial charge on any atom is 0.0792 e. The Kier molecular flexibility index (Phi) is 12.6. The molecule has 100 valence electrons. The lowest BCUT2D eigenvalue weighted by molar-refractivity contribution is 0.185. The highest BCUT2D eigenvalue weighted by Crippen LogP contribution is 2.31. The van der Waals surface area contributed by atoms with E-state index in [-0.39, 0.29) is 6.10 Å². The molecule has 1 aliphatic rings. The van der Waals surface area contributed by atoms with Crippen molar-refractivity contribution in [2.24, 2.45) is 5.92 Å². The van der Waals surface area contributed by atoms with Crippen LogP contribution in [0.25, 0.3) is 0 Å². The van der Waals surface area contributed by atoms with Gasteiger partial charge in [0.2, 0.25) is 0 Å². The minimum Gasteiger partial charge on any atom is -0.388 e. The summed E-state index contributed by atoms with van der Waals surface area (Å²) in [6, 6.07) is 0. The fourth-order valence-electron chi connectivity index (χ4n) is 1.90. The number of rotatable bonds is 2. The number of allylic oxidation sites excluding steroid dienone is 3. The van der Waals surface area contributed by atoms with Crippen molar-refractivity contribution in [3.63, 3.8) is 0 Å². The number of alkyl halides is 1. The molecule has 17 heavy (non-hydrogen) atoms. The van der Waals surface area contributed by atoms with Crippen molar-refractivity contribution in [2.45, 2.75) is 46.6 Å². The van der Waals surface area contributed by atoms with E-state index in [2.05, 4.69) is 13.5 Å². The Bertz CT molecular complexity index is 254. The zero-order valence-corrected chi connectivity index (χ0v) is 11.8. The Morgan fingerprint density at radius 2 is 1.76 bits per heavy atom. The topological polar surface area (TPSA) is 20.2 Å². The second kappa shape index (κ2) is 11.6. The highest BCUT2D eigenvalue weighted by molar-refractivity contribution is 5.38. The third-order valence-corrected chi connectivity index (χ3v) is 2.66. The van der Waals surface area contributed by atoms with Gasteiger partial charge >= 0.3 is 0 Å². The molecule has 0 aromatic rings. The smallest absolute Gasteiger partial charge is 0.0792 e. The number of aliphatic hydroxyl groups is 1. The summed E-state index contributed by atoms with van der Waals surface area (Å²) in [5.74, 6) is 0.534. The summed E-state index contributed by atoms with van der Waals surface area (Å²) in [5.41, 5.74) is 2.26. The number of aliphatic hydroxyl groups excluding tert-OH is 1. The van der Waals surface area contributed by atoms with E-state index in [1.807, 2.05) is 39.0 Å². The largest absolute Gasteiger partial charge is 0.388 e. The first kappa shape index (κ1) is 18.5. The van der Waals surface area contributed by atoms with E-state index in [1.165, 1.54) is 5.57 Å². The summed E-state index contributed by atoms with van der Waals surface area (Å²) in [7, 11) is 0.500. The first-order valence-corrected chi connectivity index (χ1v) is 6.25. The minimum atomic E-state index is -0.291. The van der Waals surface area contributed by atoms with E-state index < -0.39 is 0 Å². The lowest BCUT2D eigenvalue weighted by Crippen LogP contribution is -2.20. The van der Waals surface area contributed by atoms with Crippen LogP contribution in [-0.4, -0.2) is 18.4 Å². The van der Waals surface area contributed by atoms with Gasteiger partial charge in [-0.05, 0) is 36.8 Å². The molecule has 1 rings (SSSR count). The summed E-state index contributed by atoms with van der Waals surface area (Å²) < 4.78 is 9.50. The molecule has 2 unspecified atom stereocenters. The first-order valence-electron chi connectivity index (χ1n) is 6.25. The maximum atomic E-state index is 9.76. The summed E-state index contributed by atoms with van der Waals surface area (Å²) in [5, 5.41) is 9.76. The van der Waals surface area contributed by atoms with E-state index in [0.29, 0.717) is 13.1 Å². The molecule has 0 aliphatic heterocycles. The number of hydrogen-bond acceptors (Lipinski definition) is 1. The first-order chi connectivity index (χ1) is 8.20.